The Bertz CT molecular complexity index is 417. The number of aliphatic hydroxyl groups excluding tert-OH is 1. The molecule has 0 aromatic rings. The maximum absolute atomic E-state index is 12.1. The molecule has 0 aromatic carbocycles. The Morgan fingerprint density at radius 3 is 2.48 bits per heavy atom. The van der Waals surface area contributed by atoms with Gasteiger partial charge >= 0.3 is 12.1 Å². The van der Waals surface area contributed by atoms with E-state index < -0.39 is 35.8 Å². The zero-order valence-electron chi connectivity index (χ0n) is 12.7. The van der Waals surface area contributed by atoms with Crippen LogP contribution in [-0.2, 0) is 19.1 Å². The van der Waals surface area contributed by atoms with Gasteiger partial charge in [-0.1, -0.05) is 0 Å². The molecule has 21 heavy (non-hydrogen) atoms. The van der Waals surface area contributed by atoms with Crippen LogP contribution in [0.3, 0.4) is 0 Å². The van der Waals surface area contributed by atoms with Gasteiger partial charge in [0.05, 0.1) is 7.11 Å². The van der Waals surface area contributed by atoms with Gasteiger partial charge in [-0.25, -0.2) is 9.59 Å². The third-order valence-electron chi connectivity index (χ3n) is 2.90. The molecule has 2 amide bonds. The fourth-order valence-electron chi connectivity index (χ4n) is 2.05. The minimum Gasteiger partial charge on any atom is -0.467 e. The van der Waals surface area contributed by atoms with Crippen LogP contribution in [0.15, 0.2) is 0 Å². The highest BCUT2D eigenvalue weighted by Gasteiger charge is 2.38. The Labute approximate surface area is 123 Å². The van der Waals surface area contributed by atoms with E-state index in [0.717, 1.165) is 0 Å². The van der Waals surface area contributed by atoms with E-state index >= 15 is 0 Å². The summed E-state index contributed by atoms with van der Waals surface area (Å²) in [7, 11) is 1.23. The van der Waals surface area contributed by atoms with Crippen LogP contribution in [0.25, 0.3) is 0 Å². The minimum atomic E-state index is -1.76. The fourth-order valence-corrected chi connectivity index (χ4v) is 2.05. The second-order valence-corrected chi connectivity index (χ2v) is 5.76. The molecule has 1 aliphatic heterocycles. The lowest BCUT2D eigenvalue weighted by molar-refractivity contribution is -0.154. The Kier molecular flexibility index (Phi) is 5.54. The molecular formula is C13H22N2O6. The van der Waals surface area contributed by atoms with Crippen LogP contribution in [0.1, 0.15) is 33.6 Å². The third kappa shape index (κ3) is 4.89. The number of aliphatic hydroxyl groups is 1. The Morgan fingerprint density at radius 1 is 1.33 bits per heavy atom. The van der Waals surface area contributed by atoms with E-state index in [4.69, 9.17) is 4.74 Å². The second kappa shape index (κ2) is 6.75. The first-order chi connectivity index (χ1) is 9.65. The van der Waals surface area contributed by atoms with Gasteiger partial charge in [-0.15, -0.1) is 0 Å². The summed E-state index contributed by atoms with van der Waals surface area (Å²) in [6, 6.07) is -0.724. The number of methoxy groups -OCH3 is 1. The smallest absolute Gasteiger partial charge is 0.410 e. The molecule has 2 atom stereocenters. The van der Waals surface area contributed by atoms with Gasteiger partial charge in [0.15, 0.2) is 0 Å². The van der Waals surface area contributed by atoms with Crippen molar-refractivity contribution in [2.75, 3.05) is 13.7 Å². The maximum Gasteiger partial charge on any atom is 0.410 e. The summed E-state index contributed by atoms with van der Waals surface area (Å²) in [5, 5.41) is 11.8. The highest BCUT2D eigenvalue weighted by Crippen LogP contribution is 2.19. The number of ether oxygens (including phenoxy) is 2. The van der Waals surface area contributed by atoms with Crippen molar-refractivity contribution in [3.63, 3.8) is 0 Å². The van der Waals surface area contributed by atoms with Gasteiger partial charge in [-0.2, -0.15) is 0 Å². The molecule has 120 valence electrons. The first kappa shape index (κ1) is 17.2. The predicted molar refractivity (Wildman–Crippen MR) is 72.1 cm³/mol. The number of nitrogens with one attached hydrogen (secondary N) is 1. The van der Waals surface area contributed by atoms with Crippen LogP contribution in [0.5, 0.6) is 0 Å². The predicted octanol–water partition coefficient (Wildman–Crippen LogP) is -0.00650. The van der Waals surface area contributed by atoms with Crippen LogP contribution in [0.2, 0.25) is 0 Å². The van der Waals surface area contributed by atoms with Crippen molar-refractivity contribution in [3.05, 3.63) is 0 Å². The number of rotatable bonds is 3. The molecule has 0 spiro atoms. The summed E-state index contributed by atoms with van der Waals surface area (Å²) in [6.07, 6.45) is -1.57. The monoisotopic (exact) mass is 302 g/mol. The van der Waals surface area contributed by atoms with Crippen molar-refractivity contribution in [1.82, 2.24) is 10.2 Å². The van der Waals surface area contributed by atoms with E-state index in [2.05, 4.69) is 4.74 Å². The van der Waals surface area contributed by atoms with Crippen LogP contribution in [0.4, 0.5) is 4.79 Å². The number of amides is 2. The molecule has 0 aliphatic carbocycles. The number of carbonyl (C=O) groups is 3. The lowest BCUT2D eigenvalue weighted by Gasteiger charge is -2.26. The Balaban J connectivity index is 2.61. The second-order valence-electron chi connectivity index (χ2n) is 5.76. The zero-order chi connectivity index (χ0) is 16.2. The standard InChI is InChI=1S/C13H22N2O6/c1-13(2,3)21-12(19)14-9(16)10(17)15-7-5-6-8(15)11(18)20-4/h8-9,16H,5-7H2,1-4H3,(H,14,19)/t8-,9?/m0/s1. The van der Waals surface area contributed by atoms with E-state index in [1.807, 2.05) is 5.32 Å². The normalized spacial score (nSPS) is 19.9. The molecular weight excluding hydrogens is 280 g/mol. The number of likely N-dealkylation sites (tertiary alicyclic amines) is 1. The molecule has 1 saturated heterocycles. The van der Waals surface area contributed by atoms with Gasteiger partial charge in [0, 0.05) is 6.54 Å². The first-order valence-corrected chi connectivity index (χ1v) is 6.71. The summed E-state index contributed by atoms with van der Waals surface area (Å²) >= 11 is 0. The molecule has 1 fully saturated rings. The summed E-state index contributed by atoms with van der Waals surface area (Å²) < 4.78 is 9.56. The number of nitrogens with zero attached hydrogens (tertiary/aromatic N) is 1. The molecule has 1 unspecified atom stereocenters. The molecule has 2 N–H and O–H groups in total. The van der Waals surface area contributed by atoms with E-state index in [1.165, 1.54) is 12.0 Å². The lowest BCUT2D eigenvalue weighted by atomic mass is 10.2. The topological polar surface area (TPSA) is 105 Å². The summed E-state index contributed by atoms with van der Waals surface area (Å²) in [5.41, 5.74) is -0.741. The van der Waals surface area contributed by atoms with Gasteiger partial charge in [-0.05, 0) is 33.6 Å². The van der Waals surface area contributed by atoms with Gasteiger partial charge < -0.3 is 19.5 Å². The molecule has 0 bridgehead atoms. The molecule has 1 aliphatic rings. The molecule has 1 rings (SSSR count). The highest BCUT2D eigenvalue weighted by molar-refractivity contribution is 5.89. The lowest BCUT2D eigenvalue weighted by Crippen LogP contribution is -2.52. The highest BCUT2D eigenvalue weighted by atomic mass is 16.6. The molecule has 1 heterocycles. The first-order valence-electron chi connectivity index (χ1n) is 6.71. The molecule has 0 radical (unpaired) electrons. The van der Waals surface area contributed by atoms with Crippen molar-refractivity contribution in [2.24, 2.45) is 0 Å². The average molecular weight is 302 g/mol. The number of alkyl carbamates (subject to hydrolysis) is 1. The van der Waals surface area contributed by atoms with Gasteiger partial charge in [0.25, 0.3) is 5.91 Å². The number of hydrogen-bond donors (Lipinski definition) is 2. The molecule has 8 nitrogen and oxygen atoms in total. The van der Waals surface area contributed by atoms with Crippen molar-refractivity contribution in [1.29, 1.82) is 0 Å². The number of esters is 1. The molecule has 8 heteroatoms. The Hall–Kier alpha value is -1.83. The van der Waals surface area contributed by atoms with Gasteiger partial charge in [0.2, 0.25) is 6.23 Å². The SMILES string of the molecule is COC(=O)[C@@H]1CCCN1C(=O)C(O)NC(=O)OC(C)(C)C. The molecule has 0 aromatic heterocycles. The third-order valence-corrected chi connectivity index (χ3v) is 2.90. The van der Waals surface area contributed by atoms with Crippen molar-refractivity contribution in [3.8, 4) is 0 Å². The summed E-state index contributed by atoms with van der Waals surface area (Å²) in [6.45, 7) is 5.31. The van der Waals surface area contributed by atoms with Crippen LogP contribution >= 0.6 is 0 Å². The number of carbonyl (C=O) groups excluding carboxylic acids is 3. The van der Waals surface area contributed by atoms with Crippen LogP contribution < -0.4 is 5.32 Å². The van der Waals surface area contributed by atoms with E-state index in [1.54, 1.807) is 20.8 Å². The van der Waals surface area contributed by atoms with Crippen LogP contribution in [-0.4, -0.2) is 59.5 Å². The average Bonchev–Trinajstić information content (AvgIpc) is 2.83. The minimum absolute atomic E-state index is 0.325. The summed E-state index contributed by atoms with van der Waals surface area (Å²) in [4.78, 5) is 36.3. The summed E-state index contributed by atoms with van der Waals surface area (Å²) in [5.74, 6) is -1.29. The number of hydrogen-bond acceptors (Lipinski definition) is 6. The zero-order valence-corrected chi connectivity index (χ0v) is 12.7. The Morgan fingerprint density at radius 2 is 1.95 bits per heavy atom. The maximum atomic E-state index is 12.1. The van der Waals surface area contributed by atoms with Crippen molar-refractivity contribution >= 4 is 18.0 Å². The largest absolute Gasteiger partial charge is 0.467 e. The quantitative estimate of drug-likeness (QED) is 0.561. The van der Waals surface area contributed by atoms with E-state index in [0.29, 0.717) is 19.4 Å². The van der Waals surface area contributed by atoms with Crippen LogP contribution in [0, 0.1) is 0 Å². The van der Waals surface area contributed by atoms with Gasteiger partial charge in [0.1, 0.15) is 11.6 Å². The van der Waals surface area contributed by atoms with Crippen molar-refractivity contribution in [2.45, 2.75) is 51.5 Å². The van der Waals surface area contributed by atoms with Gasteiger partial charge in [-0.3, -0.25) is 10.1 Å². The van der Waals surface area contributed by atoms with E-state index in [9.17, 15) is 19.5 Å². The molecule has 0 saturated carbocycles. The van der Waals surface area contributed by atoms with E-state index in [-0.39, 0.29) is 0 Å². The van der Waals surface area contributed by atoms with Crippen molar-refractivity contribution < 1.29 is 29.0 Å². The fraction of sp³-hybridized carbons (Fsp3) is 0.769.